The van der Waals surface area contributed by atoms with E-state index in [4.69, 9.17) is 28.9 Å². The summed E-state index contributed by atoms with van der Waals surface area (Å²) in [5, 5.41) is 5.81. The Labute approximate surface area is 509 Å². The van der Waals surface area contributed by atoms with Crippen LogP contribution in [0.2, 0.25) is 0 Å². The number of nitrogens with zero attached hydrogens (tertiary/aromatic N) is 7. The maximum Gasteiger partial charge on any atom is 0.260 e. The molecule has 4 aromatic carbocycles. The molecule has 5 amide bonds. The molecule has 6 heterocycles. The van der Waals surface area contributed by atoms with E-state index >= 15 is 0 Å². The molecule has 1 fully saturated rings. The summed E-state index contributed by atoms with van der Waals surface area (Å²) < 4.78 is 23.9. The molecule has 0 aliphatic carbocycles. The van der Waals surface area contributed by atoms with Crippen LogP contribution >= 0.6 is 0 Å². The Kier molecular flexibility index (Phi) is 19.5. The summed E-state index contributed by atoms with van der Waals surface area (Å²) in [7, 11) is 5.26. The minimum Gasteiger partial charge on any atom is -0.493 e. The summed E-state index contributed by atoms with van der Waals surface area (Å²) in [4.78, 5) is 99.1. The number of methoxy groups -OCH3 is 2. The number of hydrogen-bond donors (Lipinski definition) is 2. The third kappa shape index (κ3) is 14.4. The molecule has 0 aromatic heterocycles. The van der Waals surface area contributed by atoms with Gasteiger partial charge in [-0.05, 0) is 110 Å². The molecule has 0 spiro atoms. The molecular formula is C68H79N9O10. The number of ketones is 1. The molecule has 87 heavy (non-hydrogen) atoms. The number of carbonyl (C=O) groups is 6. The molecule has 2 N–H and O–H groups in total. The fraction of sp³-hybridized carbons (Fsp3) is 0.412. The van der Waals surface area contributed by atoms with E-state index in [1.807, 2.05) is 44.6 Å². The molecule has 0 saturated carbocycles. The first kappa shape index (κ1) is 61.3. The summed E-state index contributed by atoms with van der Waals surface area (Å²) in [5.74, 6) is -0.114. The Morgan fingerprint density at radius 2 is 1.21 bits per heavy atom. The second-order valence-electron chi connectivity index (χ2n) is 23.5. The second-order valence-corrected chi connectivity index (χ2v) is 23.5. The Bertz CT molecular complexity index is 3420. The number of hydrogen-bond acceptors (Lipinski definition) is 14. The Balaban J connectivity index is 0.657. The van der Waals surface area contributed by atoms with Crippen molar-refractivity contribution in [3.05, 3.63) is 132 Å². The molecule has 1 unspecified atom stereocenters. The first-order valence-electron chi connectivity index (χ1n) is 30.4. The number of likely N-dealkylation sites (N-methyl/N-ethyl adjacent to an activating group) is 1. The number of rotatable bonds is 26. The highest BCUT2D eigenvalue weighted by molar-refractivity contribution is 6.07. The van der Waals surface area contributed by atoms with Crippen molar-refractivity contribution in [1.82, 2.24) is 24.9 Å². The number of aliphatic imine (C=N–C) groups is 2. The number of unbranched alkanes of at least 4 members (excludes halogenated alkanes) is 4. The average molecular weight is 1180 g/mol. The monoisotopic (exact) mass is 1180 g/mol. The second kappa shape index (κ2) is 27.7. The summed E-state index contributed by atoms with van der Waals surface area (Å²) in [6, 6.07) is 21.7. The number of amides is 5. The fourth-order valence-corrected chi connectivity index (χ4v) is 11.7. The summed E-state index contributed by atoms with van der Waals surface area (Å²) >= 11 is 0. The van der Waals surface area contributed by atoms with Crippen LogP contribution in [-0.2, 0) is 19.2 Å². The van der Waals surface area contributed by atoms with Crippen molar-refractivity contribution < 1.29 is 47.7 Å². The highest BCUT2D eigenvalue weighted by Crippen LogP contribution is 2.42. The van der Waals surface area contributed by atoms with Gasteiger partial charge in [-0.25, -0.2) is 0 Å². The third-order valence-electron chi connectivity index (χ3n) is 17.0. The molecule has 0 radical (unpaired) electrons. The molecule has 10 rings (SSSR count). The lowest BCUT2D eigenvalue weighted by molar-refractivity contribution is -0.130. The largest absolute Gasteiger partial charge is 0.493 e. The van der Waals surface area contributed by atoms with Gasteiger partial charge in [0, 0.05) is 124 Å². The van der Waals surface area contributed by atoms with Crippen molar-refractivity contribution in [2.24, 2.45) is 21.8 Å². The number of piperazine rings is 1. The van der Waals surface area contributed by atoms with Crippen LogP contribution in [0.4, 0.5) is 22.7 Å². The molecule has 19 nitrogen and oxygen atoms in total. The van der Waals surface area contributed by atoms with Gasteiger partial charge in [0.25, 0.3) is 17.7 Å². The topological polar surface area (TPSA) is 204 Å². The molecular weight excluding hydrogens is 1100 g/mol. The number of fused-ring (bicyclic) bond motifs is 4. The van der Waals surface area contributed by atoms with E-state index in [9.17, 15) is 28.8 Å². The number of anilines is 2. The zero-order valence-corrected chi connectivity index (χ0v) is 50.7. The van der Waals surface area contributed by atoms with Crippen LogP contribution < -0.4 is 34.5 Å². The van der Waals surface area contributed by atoms with Gasteiger partial charge in [0.05, 0.1) is 68.1 Å². The average Bonchev–Trinajstić information content (AvgIpc) is 2.18. The summed E-state index contributed by atoms with van der Waals surface area (Å²) in [5.41, 5.74) is 8.32. The predicted octanol–water partition coefficient (Wildman–Crippen LogP) is 10.2. The highest BCUT2D eigenvalue weighted by atomic mass is 16.5. The fourth-order valence-electron chi connectivity index (χ4n) is 11.7. The minimum absolute atomic E-state index is 0.0397. The first-order valence-corrected chi connectivity index (χ1v) is 30.4. The molecule has 0 bridgehead atoms. The summed E-state index contributed by atoms with van der Waals surface area (Å²) in [6.07, 6.45) is 16.4. The van der Waals surface area contributed by atoms with Gasteiger partial charge in [0.1, 0.15) is 0 Å². The molecule has 4 aromatic rings. The highest BCUT2D eigenvalue weighted by Gasteiger charge is 2.36. The molecule has 6 aliphatic heterocycles. The summed E-state index contributed by atoms with van der Waals surface area (Å²) in [6.45, 7) is 14.8. The van der Waals surface area contributed by atoms with Crippen molar-refractivity contribution in [3.8, 4) is 23.0 Å². The van der Waals surface area contributed by atoms with Gasteiger partial charge in [0.15, 0.2) is 28.8 Å². The zero-order valence-electron chi connectivity index (χ0n) is 50.7. The van der Waals surface area contributed by atoms with Gasteiger partial charge in [-0.1, -0.05) is 58.0 Å². The van der Waals surface area contributed by atoms with Crippen LogP contribution in [0, 0.1) is 11.8 Å². The number of allylic oxidation sites excluding steroid dienone is 1. The molecule has 6 aliphatic rings. The smallest absolute Gasteiger partial charge is 0.260 e. The van der Waals surface area contributed by atoms with Crippen LogP contribution in [0.5, 0.6) is 23.0 Å². The lowest BCUT2D eigenvalue weighted by Crippen LogP contribution is -2.45. The van der Waals surface area contributed by atoms with Crippen LogP contribution in [-0.4, -0.2) is 153 Å². The minimum atomic E-state index is -0.723. The molecule has 1 saturated heterocycles. The van der Waals surface area contributed by atoms with Crippen molar-refractivity contribution in [2.45, 2.75) is 103 Å². The number of carbonyl (C=O) groups excluding carboxylic acids is 6. The number of benzene rings is 4. The van der Waals surface area contributed by atoms with Crippen molar-refractivity contribution in [1.29, 1.82) is 0 Å². The maximum absolute atomic E-state index is 14.1. The number of nitrogens with one attached hydrogen (secondary N) is 2. The normalized spacial score (nSPS) is 18.6. The standard InChI is InChI=1S/C68H79N9O10/c1-43(2)65(72-63(79)14-10-8-11-25-75-45(4)15-24-64(75)80)58(78)32-44(3)66(81)71-50-20-16-46(17-21-50)48-33-52-39-69-56-37-61(59(84-6)35-54(56)67(82)76(52)41-48)86-30-12-9-13-31-87-62-38-57-55(36-60(62)85-7)68(83)77-42-49(34-53(77)40-70-57)47-18-22-51(23-19-47)74-28-26-73(5)27-29-74/h15-24,35-44,52-53,65H,4,8-14,25-34H2,1-3,5-7H3,(H,71,81)(H,72,79)/t44-,52+,53+,65?/m1/s1. The Morgan fingerprint density at radius 3 is 1.72 bits per heavy atom. The first-order chi connectivity index (χ1) is 42.0. The third-order valence-corrected chi connectivity index (χ3v) is 17.0. The van der Waals surface area contributed by atoms with E-state index in [2.05, 4.69) is 58.3 Å². The van der Waals surface area contributed by atoms with Gasteiger partial charge < -0.3 is 54.1 Å². The van der Waals surface area contributed by atoms with E-state index in [-0.39, 0.29) is 66.2 Å². The van der Waals surface area contributed by atoms with Gasteiger partial charge >= 0.3 is 0 Å². The Hall–Kier alpha value is -8.84. The lowest BCUT2D eigenvalue weighted by atomic mass is 9.92. The van der Waals surface area contributed by atoms with Gasteiger partial charge in [0.2, 0.25) is 11.8 Å². The SMILES string of the molecule is C=C1C=CC(=O)N1CCCCCC(=O)NC(C(=O)C[C@@H](C)C(=O)Nc1ccc(C2=CN3C(=O)c4cc(OC)c(OCCCCCOc5cc6c(cc5OC)C(=O)N5C=C(c7ccc(N8CCN(C)CC8)cc7)C[C@H]5C=N6)cc4N=C[C@@H]3C2)cc1)C(C)C. The van der Waals surface area contributed by atoms with Crippen LogP contribution in [0.15, 0.2) is 120 Å². The molecule has 4 atom stereocenters. The molecule has 19 heteroatoms. The number of Topliss-reactive ketones (excluding diaryl/α,β-unsaturated/α-hetero) is 1. The number of ether oxygens (including phenoxy) is 4. The van der Waals surface area contributed by atoms with E-state index in [0.717, 1.165) is 80.6 Å². The zero-order chi connectivity index (χ0) is 61.3. The van der Waals surface area contributed by atoms with E-state index < -0.39 is 12.0 Å². The maximum atomic E-state index is 14.1. The quantitative estimate of drug-likeness (QED) is 0.0564. The molecule has 456 valence electrons. The lowest BCUT2D eigenvalue weighted by Gasteiger charge is -2.34. The van der Waals surface area contributed by atoms with Crippen molar-refractivity contribution in [3.63, 3.8) is 0 Å². The van der Waals surface area contributed by atoms with Gasteiger partial charge in [-0.2, -0.15) is 0 Å². The van der Waals surface area contributed by atoms with Crippen LogP contribution in [0.3, 0.4) is 0 Å². The van der Waals surface area contributed by atoms with Crippen LogP contribution in [0.25, 0.3) is 11.1 Å². The van der Waals surface area contributed by atoms with Crippen molar-refractivity contribution >= 4 is 81.6 Å². The van der Waals surface area contributed by atoms with E-state index in [0.29, 0.717) is 95.9 Å². The van der Waals surface area contributed by atoms with Gasteiger partial charge in [-0.15, -0.1) is 0 Å². The van der Waals surface area contributed by atoms with Crippen molar-refractivity contribution in [2.75, 3.05) is 77.4 Å². The Morgan fingerprint density at radius 1 is 0.667 bits per heavy atom. The van der Waals surface area contributed by atoms with Gasteiger partial charge in [-0.3, -0.25) is 38.8 Å². The predicted molar refractivity (Wildman–Crippen MR) is 337 cm³/mol. The van der Waals surface area contributed by atoms with E-state index in [1.54, 1.807) is 77.4 Å². The van der Waals surface area contributed by atoms with E-state index in [1.165, 1.54) is 18.9 Å². The van der Waals surface area contributed by atoms with Crippen LogP contribution in [0.1, 0.15) is 117 Å².